The van der Waals surface area contributed by atoms with Crippen molar-refractivity contribution < 1.29 is 23.9 Å². The summed E-state index contributed by atoms with van der Waals surface area (Å²) in [4.78, 5) is 38.6. The molecule has 2 aromatic carbocycles. The van der Waals surface area contributed by atoms with Crippen LogP contribution in [0.3, 0.4) is 0 Å². The van der Waals surface area contributed by atoms with Crippen LogP contribution < -0.4 is 20.1 Å². The highest BCUT2D eigenvalue weighted by molar-refractivity contribution is 14.1. The molecule has 1 aliphatic rings. The van der Waals surface area contributed by atoms with Gasteiger partial charge in [0.1, 0.15) is 12.2 Å². The van der Waals surface area contributed by atoms with Crippen LogP contribution in [0.15, 0.2) is 42.1 Å². The molecule has 33 heavy (non-hydrogen) atoms. The number of urea groups is 1. The number of methoxy groups -OCH3 is 1. The molecule has 2 aromatic rings. The van der Waals surface area contributed by atoms with E-state index in [4.69, 9.17) is 9.47 Å². The molecule has 0 radical (unpaired) electrons. The number of ether oxygens (including phenoxy) is 2. The Bertz CT molecular complexity index is 1110. The first kappa shape index (κ1) is 24.6. The standard InChI is InChI=1S/C24H26IN3O5/c1-5-16-8-6-7-9-18(16)26-21(29)13-28-23(30)19(27-24(28)31)11-15-10-17(25)22(33-14(2)3)20(12-15)32-4/h6-12,14H,5,13H2,1-4H3,(H,26,29)(H,27,31)/b19-11+. The minimum Gasteiger partial charge on any atom is -0.493 e. The van der Waals surface area contributed by atoms with Gasteiger partial charge >= 0.3 is 6.03 Å². The Morgan fingerprint density at radius 3 is 2.64 bits per heavy atom. The van der Waals surface area contributed by atoms with E-state index >= 15 is 0 Å². The molecular weight excluding hydrogens is 537 g/mol. The van der Waals surface area contributed by atoms with Crippen molar-refractivity contribution in [2.45, 2.75) is 33.3 Å². The molecule has 0 aromatic heterocycles. The summed E-state index contributed by atoms with van der Waals surface area (Å²) in [6, 6.07) is 10.3. The lowest BCUT2D eigenvalue weighted by Crippen LogP contribution is -2.38. The first-order chi connectivity index (χ1) is 15.7. The van der Waals surface area contributed by atoms with E-state index in [1.54, 1.807) is 18.2 Å². The topological polar surface area (TPSA) is 97.0 Å². The molecule has 3 rings (SSSR count). The highest BCUT2D eigenvalue weighted by atomic mass is 127. The van der Waals surface area contributed by atoms with E-state index in [2.05, 4.69) is 33.2 Å². The summed E-state index contributed by atoms with van der Waals surface area (Å²) in [6.45, 7) is 5.44. The van der Waals surface area contributed by atoms with Gasteiger partial charge in [0, 0.05) is 5.69 Å². The second kappa shape index (κ2) is 10.7. The zero-order valence-corrected chi connectivity index (χ0v) is 21.1. The fraction of sp³-hybridized carbons (Fsp3) is 0.292. The van der Waals surface area contributed by atoms with Gasteiger partial charge in [0.2, 0.25) is 5.91 Å². The van der Waals surface area contributed by atoms with Crippen LogP contribution in [0.25, 0.3) is 6.08 Å². The molecule has 0 atom stereocenters. The number of imide groups is 1. The average Bonchev–Trinajstić information content (AvgIpc) is 3.02. The van der Waals surface area contributed by atoms with Crippen molar-refractivity contribution in [1.82, 2.24) is 10.2 Å². The summed E-state index contributed by atoms with van der Waals surface area (Å²) < 4.78 is 12.0. The molecule has 0 aliphatic carbocycles. The Balaban J connectivity index is 1.77. The van der Waals surface area contributed by atoms with Crippen LogP contribution >= 0.6 is 22.6 Å². The zero-order valence-electron chi connectivity index (χ0n) is 18.9. The number of hydrogen-bond acceptors (Lipinski definition) is 5. The Hall–Kier alpha value is -3.08. The van der Waals surface area contributed by atoms with E-state index in [9.17, 15) is 14.4 Å². The summed E-state index contributed by atoms with van der Waals surface area (Å²) in [5, 5.41) is 5.32. The highest BCUT2D eigenvalue weighted by Gasteiger charge is 2.35. The zero-order chi connectivity index (χ0) is 24.1. The van der Waals surface area contributed by atoms with Gasteiger partial charge in [-0.15, -0.1) is 0 Å². The highest BCUT2D eigenvalue weighted by Crippen LogP contribution is 2.35. The second-order valence-electron chi connectivity index (χ2n) is 7.64. The van der Waals surface area contributed by atoms with Crippen LogP contribution in [-0.2, 0) is 16.0 Å². The molecule has 174 valence electrons. The lowest BCUT2D eigenvalue weighted by atomic mass is 10.1. The predicted molar refractivity (Wildman–Crippen MR) is 134 cm³/mol. The van der Waals surface area contributed by atoms with Crippen LogP contribution in [0.2, 0.25) is 0 Å². The number of aryl methyl sites for hydroxylation is 1. The van der Waals surface area contributed by atoms with Gasteiger partial charge in [-0.05, 0) is 78.3 Å². The number of hydrogen-bond donors (Lipinski definition) is 2. The largest absolute Gasteiger partial charge is 0.493 e. The van der Waals surface area contributed by atoms with Crippen LogP contribution in [-0.4, -0.2) is 42.5 Å². The van der Waals surface area contributed by atoms with E-state index < -0.39 is 17.8 Å². The summed E-state index contributed by atoms with van der Waals surface area (Å²) in [6.07, 6.45) is 2.26. The van der Waals surface area contributed by atoms with E-state index in [0.29, 0.717) is 22.7 Å². The fourth-order valence-electron chi connectivity index (χ4n) is 3.34. The average molecular weight is 563 g/mol. The molecule has 1 aliphatic heterocycles. The molecule has 2 N–H and O–H groups in total. The van der Waals surface area contributed by atoms with E-state index in [1.807, 2.05) is 45.0 Å². The van der Waals surface area contributed by atoms with E-state index in [-0.39, 0.29) is 18.3 Å². The number of halogens is 1. The maximum absolute atomic E-state index is 12.8. The Morgan fingerprint density at radius 2 is 1.97 bits per heavy atom. The van der Waals surface area contributed by atoms with Crippen molar-refractivity contribution in [2.24, 2.45) is 0 Å². The number of anilines is 1. The van der Waals surface area contributed by atoms with Gasteiger partial charge in [-0.3, -0.25) is 9.59 Å². The van der Waals surface area contributed by atoms with Crippen LogP contribution in [0.5, 0.6) is 11.5 Å². The third kappa shape index (κ3) is 5.84. The molecule has 0 spiro atoms. The van der Waals surface area contributed by atoms with Crippen LogP contribution in [0.4, 0.5) is 10.5 Å². The van der Waals surface area contributed by atoms with Gasteiger partial charge in [0.25, 0.3) is 5.91 Å². The lowest BCUT2D eigenvalue weighted by Gasteiger charge is -2.16. The van der Waals surface area contributed by atoms with Crippen molar-refractivity contribution in [2.75, 3.05) is 19.0 Å². The third-order valence-corrected chi connectivity index (χ3v) is 5.65. The van der Waals surface area contributed by atoms with E-state index in [0.717, 1.165) is 20.5 Å². The minimum atomic E-state index is -0.647. The number of benzene rings is 2. The molecule has 1 heterocycles. The lowest BCUT2D eigenvalue weighted by molar-refractivity contribution is -0.127. The third-order valence-electron chi connectivity index (χ3n) is 4.85. The van der Waals surface area contributed by atoms with Gasteiger partial charge in [0.15, 0.2) is 11.5 Å². The maximum Gasteiger partial charge on any atom is 0.329 e. The van der Waals surface area contributed by atoms with E-state index in [1.165, 1.54) is 7.11 Å². The molecule has 9 heteroatoms. The first-order valence-corrected chi connectivity index (χ1v) is 11.6. The van der Waals surface area contributed by atoms with Crippen molar-refractivity contribution >= 4 is 52.2 Å². The number of carbonyl (C=O) groups is 3. The number of para-hydroxylation sites is 1. The van der Waals surface area contributed by atoms with Crippen molar-refractivity contribution in [1.29, 1.82) is 0 Å². The number of nitrogens with zero attached hydrogens (tertiary/aromatic N) is 1. The Morgan fingerprint density at radius 1 is 1.24 bits per heavy atom. The Labute approximate surface area is 206 Å². The summed E-state index contributed by atoms with van der Waals surface area (Å²) in [5.41, 5.74) is 2.37. The predicted octanol–water partition coefficient (Wildman–Crippen LogP) is 4.18. The molecule has 8 nitrogen and oxygen atoms in total. The van der Waals surface area contributed by atoms with Crippen LogP contribution in [0, 0.1) is 3.57 Å². The molecule has 0 bridgehead atoms. The Kier molecular flexibility index (Phi) is 7.96. The fourth-order valence-corrected chi connectivity index (χ4v) is 4.09. The quantitative estimate of drug-likeness (QED) is 0.286. The van der Waals surface area contributed by atoms with Crippen LogP contribution in [0.1, 0.15) is 31.9 Å². The van der Waals surface area contributed by atoms with Crippen molar-refractivity contribution in [3.63, 3.8) is 0 Å². The molecule has 4 amide bonds. The molecule has 1 saturated heterocycles. The normalized spacial score (nSPS) is 14.6. The molecular formula is C24H26IN3O5. The van der Waals surface area contributed by atoms with Crippen molar-refractivity contribution in [3.8, 4) is 11.5 Å². The summed E-state index contributed by atoms with van der Waals surface area (Å²) >= 11 is 2.13. The minimum absolute atomic E-state index is 0.0312. The number of rotatable bonds is 8. The van der Waals surface area contributed by atoms with Gasteiger partial charge in [-0.25, -0.2) is 9.69 Å². The smallest absolute Gasteiger partial charge is 0.329 e. The number of nitrogens with one attached hydrogen (secondary N) is 2. The molecule has 1 fully saturated rings. The van der Waals surface area contributed by atoms with Gasteiger partial charge < -0.3 is 20.1 Å². The monoisotopic (exact) mass is 563 g/mol. The van der Waals surface area contributed by atoms with Gasteiger partial charge in [-0.2, -0.15) is 0 Å². The maximum atomic E-state index is 12.8. The second-order valence-corrected chi connectivity index (χ2v) is 8.80. The number of amides is 4. The van der Waals surface area contributed by atoms with Gasteiger partial charge in [-0.1, -0.05) is 25.1 Å². The summed E-state index contributed by atoms with van der Waals surface area (Å²) in [7, 11) is 1.54. The first-order valence-electron chi connectivity index (χ1n) is 10.5. The molecule has 0 saturated carbocycles. The number of carbonyl (C=O) groups excluding carboxylic acids is 3. The van der Waals surface area contributed by atoms with Gasteiger partial charge in [0.05, 0.1) is 16.8 Å². The molecule has 0 unspecified atom stereocenters. The van der Waals surface area contributed by atoms with Crippen molar-refractivity contribution in [3.05, 3.63) is 56.8 Å². The summed E-state index contributed by atoms with van der Waals surface area (Å²) in [5.74, 6) is 0.107. The SMILES string of the molecule is CCc1ccccc1NC(=O)CN1C(=O)N/C(=C/c2cc(I)c(OC(C)C)c(OC)c2)C1=O.